The van der Waals surface area contributed by atoms with Gasteiger partial charge in [0.15, 0.2) is 11.5 Å². The van der Waals surface area contributed by atoms with E-state index < -0.39 is 24.4 Å². The summed E-state index contributed by atoms with van der Waals surface area (Å²) in [7, 11) is 0. The fourth-order valence-electron chi connectivity index (χ4n) is 5.02. The van der Waals surface area contributed by atoms with Gasteiger partial charge in [-0.25, -0.2) is 4.79 Å². The molecule has 0 aliphatic rings. The first-order valence-corrected chi connectivity index (χ1v) is 19.3. The van der Waals surface area contributed by atoms with E-state index in [0.717, 1.165) is 35.3 Å². The molecule has 4 aromatic rings. The Balaban J connectivity index is 1.27. The number of halogens is 6. The van der Waals surface area contributed by atoms with Gasteiger partial charge in [0.25, 0.3) is 5.91 Å². The van der Waals surface area contributed by atoms with Gasteiger partial charge in [-0.05, 0) is 104 Å². The van der Waals surface area contributed by atoms with Crippen molar-refractivity contribution in [3.05, 3.63) is 113 Å². The van der Waals surface area contributed by atoms with E-state index in [9.17, 15) is 14.4 Å². The van der Waals surface area contributed by atoms with Crippen molar-refractivity contribution in [3.63, 3.8) is 0 Å². The molecule has 0 aliphatic carbocycles. The Morgan fingerprint density at radius 3 is 1.48 bits per heavy atom. The topological polar surface area (TPSA) is 115 Å². The third kappa shape index (κ3) is 13.0. The van der Waals surface area contributed by atoms with Gasteiger partial charge in [0.2, 0.25) is 0 Å². The summed E-state index contributed by atoms with van der Waals surface area (Å²) in [6.07, 6.45) is 1.55. The summed E-state index contributed by atoms with van der Waals surface area (Å²) in [6, 6.07) is 17.2. The second-order valence-electron chi connectivity index (χ2n) is 12.5. The van der Waals surface area contributed by atoms with Gasteiger partial charge in [-0.1, -0.05) is 83.5 Å². The number of benzene rings is 4. The lowest BCUT2D eigenvalue weighted by Gasteiger charge is -2.16. The van der Waals surface area contributed by atoms with Gasteiger partial charge in [0.1, 0.15) is 19.8 Å². The molecule has 2 atom stereocenters. The predicted molar refractivity (Wildman–Crippen MR) is 218 cm³/mol. The van der Waals surface area contributed by atoms with Crippen molar-refractivity contribution in [2.45, 2.75) is 72.3 Å². The number of carbonyl (C=O) groups excluding carboxylic acids is 3. The smallest absolute Gasteiger partial charge is 0.333 e. The van der Waals surface area contributed by atoms with Crippen LogP contribution in [0.5, 0.6) is 11.5 Å². The molecule has 0 aliphatic heterocycles. The number of esters is 2. The van der Waals surface area contributed by atoms with E-state index in [2.05, 4.69) is 43.6 Å². The molecule has 0 fully saturated rings. The molecule has 1 amide bonds. The van der Waals surface area contributed by atoms with Crippen LogP contribution in [-0.2, 0) is 34.0 Å². The minimum absolute atomic E-state index is 0.0597. The number of amides is 1. The van der Waals surface area contributed by atoms with Crippen LogP contribution in [-0.4, -0.2) is 36.5 Å². The molecule has 4 rings (SSSR count). The Bertz CT molecular complexity index is 1950. The molecule has 9 nitrogen and oxygen atoms in total. The molecule has 0 aromatic heterocycles. The number of rotatable bonds is 17. The fraction of sp³-hybridized carbons (Fsp3) is 0.308. The van der Waals surface area contributed by atoms with E-state index in [-0.39, 0.29) is 68.9 Å². The van der Waals surface area contributed by atoms with Crippen LogP contribution in [0, 0.1) is 0 Å². The molecule has 54 heavy (non-hydrogen) atoms. The van der Waals surface area contributed by atoms with Crippen molar-refractivity contribution in [2.24, 2.45) is 0 Å². The highest BCUT2D eigenvalue weighted by molar-refractivity contribution is 6.38. The van der Waals surface area contributed by atoms with Crippen LogP contribution in [0.1, 0.15) is 67.6 Å². The third-order valence-electron chi connectivity index (χ3n) is 8.02. The number of hydrogen-bond acceptors (Lipinski definition) is 8. The number of nitrogens with one attached hydrogen (secondary N) is 3. The molecule has 0 saturated carbocycles. The molecule has 0 saturated heterocycles. The first-order valence-electron chi connectivity index (χ1n) is 17.0. The predicted octanol–water partition coefficient (Wildman–Crippen LogP) is 11.2. The lowest BCUT2D eigenvalue weighted by Crippen LogP contribution is -2.32. The van der Waals surface area contributed by atoms with Crippen LogP contribution in [0.4, 0.5) is 11.4 Å². The molecule has 0 spiro atoms. The maximum Gasteiger partial charge on any atom is 0.333 e. The number of hydrogen-bond donors (Lipinski definition) is 3. The average molecular weight is 858 g/mol. The van der Waals surface area contributed by atoms with E-state index in [1.165, 1.54) is 24.3 Å². The van der Waals surface area contributed by atoms with E-state index in [1.54, 1.807) is 12.1 Å². The van der Waals surface area contributed by atoms with Gasteiger partial charge < -0.3 is 30.2 Å². The summed E-state index contributed by atoms with van der Waals surface area (Å²) in [5, 5.41) is 10.7. The van der Waals surface area contributed by atoms with Crippen LogP contribution in [0.25, 0.3) is 0 Å². The van der Waals surface area contributed by atoms with Crippen LogP contribution in [0.2, 0.25) is 30.1 Å². The van der Waals surface area contributed by atoms with Crippen LogP contribution >= 0.6 is 69.6 Å². The highest BCUT2D eigenvalue weighted by Gasteiger charge is 2.19. The monoisotopic (exact) mass is 855 g/mol. The highest BCUT2D eigenvalue weighted by Crippen LogP contribution is 2.37. The van der Waals surface area contributed by atoms with Crippen LogP contribution < -0.4 is 25.4 Å². The van der Waals surface area contributed by atoms with E-state index in [0.29, 0.717) is 15.6 Å². The maximum atomic E-state index is 12.8. The number of ether oxygens (including phenoxy) is 3. The quantitative estimate of drug-likeness (QED) is 0.0710. The van der Waals surface area contributed by atoms with Gasteiger partial charge in [-0.15, -0.1) is 0 Å². The van der Waals surface area contributed by atoms with Gasteiger partial charge in [0.05, 0.1) is 26.5 Å². The highest BCUT2D eigenvalue weighted by atomic mass is 35.5. The van der Waals surface area contributed by atoms with E-state index in [1.807, 2.05) is 24.3 Å². The van der Waals surface area contributed by atoms with Crippen molar-refractivity contribution in [1.82, 2.24) is 5.32 Å². The molecule has 0 radical (unpaired) electrons. The summed E-state index contributed by atoms with van der Waals surface area (Å²) in [5.41, 5.74) is 3.73. The summed E-state index contributed by atoms with van der Waals surface area (Å²) in [5.74, 6) is -2.17. The molecule has 0 bridgehead atoms. The lowest BCUT2D eigenvalue weighted by atomic mass is 10.1. The molecule has 3 N–H and O–H groups in total. The van der Waals surface area contributed by atoms with Crippen molar-refractivity contribution in [2.75, 3.05) is 17.2 Å². The zero-order valence-corrected chi connectivity index (χ0v) is 34.4. The molecular weight excluding hydrogens is 819 g/mol. The molecule has 0 heterocycles. The van der Waals surface area contributed by atoms with Gasteiger partial charge in [-0.2, -0.15) is 0 Å². The van der Waals surface area contributed by atoms with Crippen molar-refractivity contribution >= 4 is 98.8 Å². The Kier molecular flexibility index (Phi) is 16.3. The van der Waals surface area contributed by atoms with Gasteiger partial charge >= 0.3 is 11.9 Å². The number of anilines is 2. The lowest BCUT2D eigenvalue weighted by molar-refractivity contribution is -0.158. The summed E-state index contributed by atoms with van der Waals surface area (Å²) in [6.45, 7) is 7.93. The zero-order valence-electron chi connectivity index (χ0n) is 29.9. The molecular formula is C39H39Cl6N3O6. The van der Waals surface area contributed by atoms with E-state index >= 15 is 0 Å². The Labute approximate surface area is 344 Å². The zero-order chi connectivity index (χ0) is 39.5. The fourth-order valence-corrected chi connectivity index (χ4v) is 6.77. The number of carbonyl (C=O) groups is 3. The van der Waals surface area contributed by atoms with Gasteiger partial charge in [0, 0.05) is 39.1 Å². The normalized spacial score (nSPS) is 12.0. The molecule has 2 unspecified atom stereocenters. The summed E-state index contributed by atoms with van der Waals surface area (Å²) < 4.78 is 16.6. The van der Waals surface area contributed by atoms with Crippen molar-refractivity contribution < 1.29 is 28.6 Å². The standard InChI is InChI=1S/C39H39Cl6N3O6/c1-5-21(3)47-29-9-24(7-27(40)16-29)19-52-37-31(42)11-23(12-32(37)43)13-35(49)54-36(50)18-46-39(51)26-14-33(44)38(34(45)15-26)53-20-25-8-28(41)17-30(10-25)48-22(4)6-2/h7-12,14-17,21-22,47-48H,5-6,13,18-20H2,1-4H3,(H,46,51). The Morgan fingerprint density at radius 1 is 0.593 bits per heavy atom. The third-order valence-corrected chi connectivity index (χ3v) is 9.58. The largest absolute Gasteiger partial charge is 0.486 e. The minimum atomic E-state index is -0.991. The first kappa shape index (κ1) is 43.2. The second-order valence-corrected chi connectivity index (χ2v) is 15.0. The molecule has 15 heteroatoms. The SMILES string of the molecule is CCC(C)Nc1cc(Cl)cc(COc2c(Cl)cc(CC(=O)OC(=O)CNC(=O)c3cc(Cl)c(OCc4cc(Cl)cc(NC(C)CC)c4)c(Cl)c3)cc2Cl)c1. The van der Waals surface area contributed by atoms with Crippen molar-refractivity contribution in [1.29, 1.82) is 0 Å². The second kappa shape index (κ2) is 20.4. The maximum absolute atomic E-state index is 12.8. The Morgan fingerprint density at radius 2 is 1.04 bits per heavy atom. The summed E-state index contributed by atoms with van der Waals surface area (Å²) >= 11 is 38.3. The first-order chi connectivity index (χ1) is 25.6. The summed E-state index contributed by atoms with van der Waals surface area (Å²) in [4.78, 5) is 37.8. The molecule has 288 valence electrons. The average Bonchev–Trinajstić information content (AvgIpc) is 3.09. The van der Waals surface area contributed by atoms with Crippen LogP contribution in [0.3, 0.4) is 0 Å². The minimum Gasteiger partial charge on any atom is -0.486 e. The molecule has 4 aromatic carbocycles. The van der Waals surface area contributed by atoms with Gasteiger partial charge in [-0.3, -0.25) is 9.59 Å². The Hall–Kier alpha value is -3.57. The van der Waals surface area contributed by atoms with Crippen molar-refractivity contribution in [3.8, 4) is 11.5 Å². The van der Waals surface area contributed by atoms with E-state index in [4.69, 9.17) is 83.8 Å². The van der Waals surface area contributed by atoms with Crippen LogP contribution in [0.15, 0.2) is 60.7 Å².